The lowest BCUT2D eigenvalue weighted by atomic mass is 10.2. The van der Waals surface area contributed by atoms with Crippen molar-refractivity contribution in [3.63, 3.8) is 0 Å². The molecule has 190 valence electrons. The van der Waals surface area contributed by atoms with Crippen LogP contribution in [0.1, 0.15) is 31.4 Å². The number of amides is 2. The third-order valence-electron chi connectivity index (χ3n) is 6.82. The van der Waals surface area contributed by atoms with Crippen LogP contribution in [-0.2, 0) is 6.54 Å². The highest BCUT2D eigenvalue weighted by atomic mass is 19.3. The van der Waals surface area contributed by atoms with E-state index in [0.717, 1.165) is 30.4 Å². The topological polar surface area (TPSA) is 90.6 Å². The first-order valence-electron chi connectivity index (χ1n) is 12.1. The molecule has 2 atom stereocenters. The average molecular weight is 498 g/mol. The van der Waals surface area contributed by atoms with E-state index in [1.807, 2.05) is 36.2 Å². The minimum atomic E-state index is -2.83. The van der Waals surface area contributed by atoms with Crippen molar-refractivity contribution in [2.75, 3.05) is 43.4 Å². The van der Waals surface area contributed by atoms with Crippen molar-refractivity contribution in [3.8, 4) is 11.5 Å². The summed E-state index contributed by atoms with van der Waals surface area (Å²) in [6, 6.07) is 11.7. The highest BCUT2D eigenvalue weighted by Crippen LogP contribution is 2.35. The lowest BCUT2D eigenvalue weighted by Gasteiger charge is -2.38. The van der Waals surface area contributed by atoms with Crippen LogP contribution in [0.2, 0.25) is 0 Å². The molecule has 1 aromatic carbocycles. The number of urea groups is 1. The highest BCUT2D eigenvalue weighted by molar-refractivity contribution is 5.92. The molecule has 2 unspecified atom stereocenters. The van der Waals surface area contributed by atoms with Gasteiger partial charge in [0.25, 0.3) is 5.89 Å². The van der Waals surface area contributed by atoms with Gasteiger partial charge in [0.2, 0.25) is 5.89 Å². The number of halogens is 2. The summed E-state index contributed by atoms with van der Waals surface area (Å²) in [6.07, 6.45) is -0.104. The molecule has 11 heteroatoms. The maximum Gasteiger partial charge on any atom is 0.324 e. The molecule has 36 heavy (non-hydrogen) atoms. The van der Waals surface area contributed by atoms with Gasteiger partial charge in [-0.15, -0.1) is 10.2 Å². The number of carbonyl (C=O) groups excluding carboxylic acids is 1. The second-order valence-corrected chi connectivity index (χ2v) is 9.26. The number of carbonyl (C=O) groups is 1. The van der Waals surface area contributed by atoms with E-state index in [0.29, 0.717) is 30.4 Å². The molecular formula is C25H29F2N7O2. The third kappa shape index (κ3) is 5.15. The molecule has 1 N–H and O–H groups in total. The van der Waals surface area contributed by atoms with Gasteiger partial charge in [-0.25, -0.2) is 4.79 Å². The van der Waals surface area contributed by atoms with Crippen molar-refractivity contribution in [3.05, 3.63) is 54.2 Å². The van der Waals surface area contributed by atoms with Crippen LogP contribution in [0.5, 0.6) is 0 Å². The Morgan fingerprint density at radius 1 is 1.19 bits per heavy atom. The van der Waals surface area contributed by atoms with Crippen LogP contribution in [0.25, 0.3) is 11.5 Å². The molecule has 1 aliphatic heterocycles. The Kier molecular flexibility index (Phi) is 6.82. The van der Waals surface area contributed by atoms with Gasteiger partial charge >= 0.3 is 12.5 Å². The van der Waals surface area contributed by atoms with Crippen molar-refractivity contribution in [1.29, 1.82) is 0 Å². The number of benzene rings is 1. The quantitative estimate of drug-likeness (QED) is 0.522. The van der Waals surface area contributed by atoms with E-state index in [2.05, 4.69) is 32.3 Å². The van der Waals surface area contributed by atoms with Crippen molar-refractivity contribution >= 4 is 17.4 Å². The molecule has 3 heterocycles. The fraction of sp³-hybridized carbons (Fsp3) is 0.440. The van der Waals surface area contributed by atoms with E-state index in [9.17, 15) is 13.6 Å². The maximum atomic E-state index is 13.7. The Hall–Kier alpha value is -3.60. The molecule has 2 aliphatic rings. The lowest BCUT2D eigenvalue weighted by Crippen LogP contribution is -2.53. The predicted octanol–water partition coefficient (Wildman–Crippen LogP) is 4.26. The van der Waals surface area contributed by atoms with Crippen LogP contribution in [0.4, 0.5) is 25.0 Å². The fourth-order valence-corrected chi connectivity index (χ4v) is 4.57. The zero-order valence-corrected chi connectivity index (χ0v) is 20.3. The number of alkyl halides is 2. The Morgan fingerprint density at radius 3 is 2.58 bits per heavy atom. The number of nitrogens with one attached hydrogen (secondary N) is 1. The molecule has 3 aromatic rings. The minimum absolute atomic E-state index is 0.0261. The van der Waals surface area contributed by atoms with Crippen molar-refractivity contribution < 1.29 is 18.0 Å². The number of aromatic nitrogens is 3. The summed E-state index contributed by atoms with van der Waals surface area (Å²) in [4.78, 5) is 24.2. The first kappa shape index (κ1) is 24.1. The van der Waals surface area contributed by atoms with E-state index < -0.39 is 12.3 Å². The molecule has 2 amide bonds. The lowest BCUT2D eigenvalue weighted by molar-refractivity contribution is 0.116. The Balaban J connectivity index is 1.33. The molecule has 1 saturated heterocycles. The summed E-state index contributed by atoms with van der Waals surface area (Å²) in [5.74, 6) is -0.00967. The highest BCUT2D eigenvalue weighted by Gasteiger charge is 2.39. The number of nitrogens with zero attached hydrogens (tertiary/aromatic N) is 6. The van der Waals surface area contributed by atoms with Crippen LogP contribution in [0.3, 0.4) is 0 Å². The molecule has 2 aromatic heterocycles. The smallest absolute Gasteiger partial charge is 0.324 e. The van der Waals surface area contributed by atoms with E-state index in [4.69, 9.17) is 4.42 Å². The number of hydrogen-bond donors (Lipinski definition) is 1. The van der Waals surface area contributed by atoms with E-state index in [-0.39, 0.29) is 18.5 Å². The number of anilines is 2. The molecule has 5 rings (SSSR count). The molecule has 1 saturated carbocycles. The summed E-state index contributed by atoms with van der Waals surface area (Å²) >= 11 is 0. The standard InChI is InChI=1S/C25H29F2N7O2/c1-16-12-21(16)32-8-10-33(11-9-32)25(35)34(20-5-3-4-18(13-20)28-2)15-19-7-6-17(14-29-19)23-30-31-24(36-23)22(26)27/h3-7,13-14,16,21-22,28H,8-12,15H2,1-2H3. The van der Waals surface area contributed by atoms with Gasteiger partial charge in [0.05, 0.1) is 17.8 Å². The Labute approximate surface area is 208 Å². The average Bonchev–Trinajstić information content (AvgIpc) is 3.42. The normalized spacial score (nSPS) is 20.0. The number of hydrogen-bond acceptors (Lipinski definition) is 7. The van der Waals surface area contributed by atoms with Crippen LogP contribution in [0, 0.1) is 5.92 Å². The largest absolute Gasteiger partial charge is 0.415 e. The van der Waals surface area contributed by atoms with E-state index in [1.165, 1.54) is 12.6 Å². The summed E-state index contributed by atoms with van der Waals surface area (Å²) in [6.45, 7) is 5.64. The van der Waals surface area contributed by atoms with Crippen molar-refractivity contribution in [2.45, 2.75) is 32.4 Å². The van der Waals surface area contributed by atoms with Gasteiger partial charge in [0.1, 0.15) is 0 Å². The summed E-state index contributed by atoms with van der Waals surface area (Å²) in [5.41, 5.74) is 2.72. The second-order valence-electron chi connectivity index (χ2n) is 9.26. The summed E-state index contributed by atoms with van der Waals surface area (Å²) in [7, 11) is 1.83. The summed E-state index contributed by atoms with van der Waals surface area (Å²) < 4.78 is 30.5. The van der Waals surface area contributed by atoms with Gasteiger partial charge in [0, 0.05) is 56.8 Å². The van der Waals surface area contributed by atoms with Gasteiger partial charge in [-0.3, -0.25) is 14.8 Å². The molecular weight excluding hydrogens is 468 g/mol. The Bertz CT molecular complexity index is 1200. The maximum absolute atomic E-state index is 13.7. The van der Waals surface area contributed by atoms with Crippen molar-refractivity contribution in [1.82, 2.24) is 25.0 Å². The summed E-state index contributed by atoms with van der Waals surface area (Å²) in [5, 5.41) is 10.1. The molecule has 2 fully saturated rings. The molecule has 0 bridgehead atoms. The first-order chi connectivity index (χ1) is 17.4. The molecule has 0 spiro atoms. The van der Waals surface area contributed by atoms with Crippen LogP contribution >= 0.6 is 0 Å². The van der Waals surface area contributed by atoms with E-state index in [1.54, 1.807) is 17.0 Å². The van der Waals surface area contributed by atoms with Crippen molar-refractivity contribution in [2.24, 2.45) is 5.92 Å². The zero-order chi connectivity index (χ0) is 25.2. The van der Waals surface area contributed by atoms with Gasteiger partial charge in [-0.2, -0.15) is 8.78 Å². The minimum Gasteiger partial charge on any atom is -0.415 e. The van der Waals surface area contributed by atoms with Gasteiger partial charge in [-0.05, 0) is 42.7 Å². The zero-order valence-electron chi connectivity index (χ0n) is 20.3. The van der Waals surface area contributed by atoms with Gasteiger partial charge < -0.3 is 14.6 Å². The number of pyridine rings is 1. The molecule has 9 nitrogen and oxygen atoms in total. The SMILES string of the molecule is CNc1cccc(N(Cc2ccc(-c3nnc(C(F)F)o3)cn2)C(=O)N2CCN(C3CC3C)CC2)c1. The number of rotatable bonds is 7. The van der Waals surface area contributed by atoms with Gasteiger partial charge in [0.15, 0.2) is 0 Å². The first-order valence-corrected chi connectivity index (χ1v) is 12.1. The van der Waals surface area contributed by atoms with E-state index >= 15 is 0 Å². The van der Waals surface area contributed by atoms with Crippen LogP contribution in [-0.4, -0.2) is 70.3 Å². The monoisotopic (exact) mass is 497 g/mol. The fourth-order valence-electron chi connectivity index (χ4n) is 4.57. The third-order valence-corrected chi connectivity index (χ3v) is 6.82. The number of piperazine rings is 1. The molecule has 1 aliphatic carbocycles. The van der Waals surface area contributed by atoms with Gasteiger partial charge in [-0.1, -0.05) is 13.0 Å². The predicted molar refractivity (Wildman–Crippen MR) is 131 cm³/mol. The second kappa shape index (κ2) is 10.2. The van der Waals surface area contributed by atoms with Crippen LogP contribution in [0.15, 0.2) is 47.0 Å². The van der Waals surface area contributed by atoms with Crippen LogP contribution < -0.4 is 10.2 Å². The molecule has 0 radical (unpaired) electrons. The Morgan fingerprint density at radius 2 is 1.97 bits per heavy atom.